The number of unbranched alkanes of at least 4 members (excludes halogenated alkanes) is 2. The summed E-state index contributed by atoms with van der Waals surface area (Å²) in [7, 11) is 0. The van der Waals surface area contributed by atoms with E-state index in [-0.39, 0.29) is 5.79 Å². The molecule has 1 fully saturated rings. The monoisotopic (exact) mass is 200 g/mol. The second kappa shape index (κ2) is 5.72. The van der Waals surface area contributed by atoms with Gasteiger partial charge in [0.2, 0.25) is 0 Å². The predicted octanol–water partition coefficient (Wildman–Crippen LogP) is 3.50. The molecular formula is C12H24O2. The van der Waals surface area contributed by atoms with Crippen molar-refractivity contribution in [3.05, 3.63) is 0 Å². The molecule has 0 aliphatic carbocycles. The third kappa shape index (κ3) is 3.58. The van der Waals surface area contributed by atoms with Crippen LogP contribution in [0.15, 0.2) is 0 Å². The molecule has 1 rings (SSSR count). The molecule has 0 amide bonds. The second-order valence-corrected chi connectivity index (χ2v) is 4.36. The first-order chi connectivity index (χ1) is 6.70. The highest BCUT2D eigenvalue weighted by atomic mass is 16.7. The van der Waals surface area contributed by atoms with Gasteiger partial charge in [0, 0.05) is 0 Å². The Balaban J connectivity index is 2.25. The van der Waals surface area contributed by atoms with E-state index in [2.05, 4.69) is 20.8 Å². The van der Waals surface area contributed by atoms with Crippen molar-refractivity contribution in [3.63, 3.8) is 0 Å². The Kier molecular flexibility index (Phi) is 4.90. The molecule has 0 N–H and O–H groups in total. The molecule has 1 saturated heterocycles. The van der Waals surface area contributed by atoms with Crippen molar-refractivity contribution in [2.75, 3.05) is 6.61 Å². The van der Waals surface area contributed by atoms with Crippen molar-refractivity contribution in [3.8, 4) is 0 Å². The van der Waals surface area contributed by atoms with Gasteiger partial charge < -0.3 is 9.47 Å². The smallest absolute Gasteiger partial charge is 0.165 e. The first kappa shape index (κ1) is 12.0. The Bertz CT molecular complexity index is 158. The van der Waals surface area contributed by atoms with E-state index >= 15 is 0 Å². The molecule has 84 valence electrons. The molecule has 2 heteroatoms. The summed E-state index contributed by atoms with van der Waals surface area (Å²) >= 11 is 0. The van der Waals surface area contributed by atoms with Crippen LogP contribution < -0.4 is 0 Å². The van der Waals surface area contributed by atoms with Crippen molar-refractivity contribution in [1.29, 1.82) is 0 Å². The predicted molar refractivity (Wildman–Crippen MR) is 58.3 cm³/mol. The van der Waals surface area contributed by atoms with E-state index in [9.17, 15) is 0 Å². The average Bonchev–Trinajstić information content (AvgIpc) is 2.19. The van der Waals surface area contributed by atoms with E-state index in [4.69, 9.17) is 9.47 Å². The molecule has 0 aromatic heterocycles. The van der Waals surface area contributed by atoms with Crippen LogP contribution in [0.2, 0.25) is 0 Å². The number of rotatable bonds is 5. The Labute approximate surface area is 88.0 Å². The van der Waals surface area contributed by atoms with Crippen LogP contribution in [0.1, 0.15) is 59.3 Å². The van der Waals surface area contributed by atoms with Crippen LogP contribution in [0.5, 0.6) is 0 Å². The second-order valence-electron chi connectivity index (χ2n) is 4.36. The fourth-order valence-electron chi connectivity index (χ4n) is 1.86. The van der Waals surface area contributed by atoms with E-state index in [1.807, 2.05) is 0 Å². The normalized spacial score (nSPS) is 33.2. The highest BCUT2D eigenvalue weighted by molar-refractivity contribution is 4.71. The van der Waals surface area contributed by atoms with Gasteiger partial charge in [-0.2, -0.15) is 0 Å². The van der Waals surface area contributed by atoms with Crippen molar-refractivity contribution >= 4 is 0 Å². The summed E-state index contributed by atoms with van der Waals surface area (Å²) in [6, 6.07) is 0. The largest absolute Gasteiger partial charge is 0.350 e. The van der Waals surface area contributed by atoms with E-state index in [1.54, 1.807) is 0 Å². The van der Waals surface area contributed by atoms with Crippen LogP contribution in [-0.4, -0.2) is 18.5 Å². The van der Waals surface area contributed by atoms with Gasteiger partial charge in [0.1, 0.15) is 0 Å². The van der Waals surface area contributed by atoms with Crippen LogP contribution in [-0.2, 0) is 9.47 Å². The maximum Gasteiger partial charge on any atom is 0.165 e. The van der Waals surface area contributed by atoms with Crippen LogP contribution in [0.4, 0.5) is 0 Å². The zero-order chi connectivity index (χ0) is 10.4. The molecule has 0 saturated carbocycles. The summed E-state index contributed by atoms with van der Waals surface area (Å²) in [5, 5.41) is 0. The van der Waals surface area contributed by atoms with Gasteiger partial charge in [-0.1, -0.05) is 33.1 Å². The highest BCUT2D eigenvalue weighted by Gasteiger charge is 2.31. The SMILES string of the molecule is CCCCC[C@@H]1CCO[C@](C)(CC)O1. The summed E-state index contributed by atoms with van der Waals surface area (Å²) in [5.41, 5.74) is 0. The lowest BCUT2D eigenvalue weighted by Gasteiger charge is -2.38. The summed E-state index contributed by atoms with van der Waals surface area (Å²) in [5.74, 6) is -0.310. The Morgan fingerprint density at radius 2 is 2.07 bits per heavy atom. The number of hydrogen-bond acceptors (Lipinski definition) is 2. The fraction of sp³-hybridized carbons (Fsp3) is 1.00. The molecule has 1 aliphatic heterocycles. The lowest BCUT2D eigenvalue weighted by molar-refractivity contribution is -0.285. The molecule has 1 aliphatic rings. The van der Waals surface area contributed by atoms with Crippen molar-refractivity contribution in [1.82, 2.24) is 0 Å². The van der Waals surface area contributed by atoms with E-state index in [0.717, 1.165) is 19.4 Å². The minimum absolute atomic E-state index is 0.310. The van der Waals surface area contributed by atoms with Gasteiger partial charge in [0.05, 0.1) is 12.7 Å². The first-order valence-corrected chi connectivity index (χ1v) is 6.02. The molecule has 2 atom stereocenters. The van der Waals surface area contributed by atoms with Crippen LogP contribution in [0.3, 0.4) is 0 Å². The summed E-state index contributed by atoms with van der Waals surface area (Å²) in [4.78, 5) is 0. The Morgan fingerprint density at radius 1 is 1.29 bits per heavy atom. The molecule has 1 heterocycles. The molecule has 0 unspecified atom stereocenters. The number of hydrogen-bond donors (Lipinski definition) is 0. The van der Waals surface area contributed by atoms with Gasteiger partial charge in [-0.25, -0.2) is 0 Å². The molecule has 0 bridgehead atoms. The minimum Gasteiger partial charge on any atom is -0.350 e. The van der Waals surface area contributed by atoms with E-state index < -0.39 is 0 Å². The van der Waals surface area contributed by atoms with Gasteiger partial charge >= 0.3 is 0 Å². The minimum atomic E-state index is -0.310. The molecule has 14 heavy (non-hydrogen) atoms. The van der Waals surface area contributed by atoms with Gasteiger partial charge in [0.15, 0.2) is 5.79 Å². The van der Waals surface area contributed by atoms with E-state index in [0.29, 0.717) is 6.10 Å². The molecule has 0 aromatic rings. The van der Waals surface area contributed by atoms with Crippen molar-refractivity contribution < 1.29 is 9.47 Å². The van der Waals surface area contributed by atoms with Crippen molar-refractivity contribution in [2.45, 2.75) is 71.2 Å². The quantitative estimate of drug-likeness (QED) is 0.632. The Morgan fingerprint density at radius 3 is 2.71 bits per heavy atom. The molecule has 0 aromatic carbocycles. The summed E-state index contributed by atoms with van der Waals surface area (Å²) < 4.78 is 11.6. The lowest BCUT2D eigenvalue weighted by atomic mass is 10.1. The zero-order valence-corrected chi connectivity index (χ0v) is 9.84. The highest BCUT2D eigenvalue weighted by Crippen LogP contribution is 2.27. The third-order valence-corrected chi connectivity index (χ3v) is 3.04. The third-order valence-electron chi connectivity index (χ3n) is 3.04. The maximum absolute atomic E-state index is 5.95. The topological polar surface area (TPSA) is 18.5 Å². The zero-order valence-electron chi connectivity index (χ0n) is 9.84. The molecule has 0 radical (unpaired) electrons. The van der Waals surface area contributed by atoms with Gasteiger partial charge in [-0.3, -0.25) is 0 Å². The van der Waals surface area contributed by atoms with Crippen LogP contribution >= 0.6 is 0 Å². The lowest BCUT2D eigenvalue weighted by Crippen LogP contribution is -2.41. The molecule has 0 spiro atoms. The van der Waals surface area contributed by atoms with Gasteiger partial charge in [-0.15, -0.1) is 0 Å². The summed E-state index contributed by atoms with van der Waals surface area (Å²) in [6.07, 6.45) is 7.54. The average molecular weight is 200 g/mol. The van der Waals surface area contributed by atoms with Gasteiger partial charge in [-0.05, 0) is 26.2 Å². The fourth-order valence-corrected chi connectivity index (χ4v) is 1.86. The van der Waals surface area contributed by atoms with Gasteiger partial charge in [0.25, 0.3) is 0 Å². The van der Waals surface area contributed by atoms with Crippen molar-refractivity contribution in [2.24, 2.45) is 0 Å². The van der Waals surface area contributed by atoms with Crippen LogP contribution in [0, 0.1) is 0 Å². The number of ether oxygens (including phenoxy) is 2. The Hall–Kier alpha value is -0.0800. The van der Waals surface area contributed by atoms with E-state index in [1.165, 1.54) is 25.7 Å². The van der Waals surface area contributed by atoms with Crippen LogP contribution in [0.25, 0.3) is 0 Å². The standard InChI is InChI=1S/C12H24O2/c1-4-6-7-8-11-9-10-13-12(3,5-2)14-11/h11H,4-10H2,1-3H3/t11-,12+/m1/s1. The maximum atomic E-state index is 5.95. The molecular weight excluding hydrogens is 176 g/mol. The molecule has 2 nitrogen and oxygen atoms in total. The first-order valence-electron chi connectivity index (χ1n) is 6.02. The summed E-state index contributed by atoms with van der Waals surface area (Å²) in [6.45, 7) is 7.27.